The van der Waals surface area contributed by atoms with E-state index in [0.717, 1.165) is 0 Å². The minimum absolute atomic E-state index is 0.133. The van der Waals surface area contributed by atoms with Gasteiger partial charge in [0.2, 0.25) is 0 Å². The van der Waals surface area contributed by atoms with Crippen LogP contribution in [0.1, 0.15) is 40.5 Å². The molecule has 0 aromatic heterocycles. The molecule has 0 aromatic rings. The van der Waals surface area contributed by atoms with Gasteiger partial charge < -0.3 is 9.05 Å². The second-order valence-electron chi connectivity index (χ2n) is 3.62. The highest BCUT2D eigenvalue weighted by Crippen LogP contribution is 2.61. The first-order valence-corrected chi connectivity index (χ1v) is 7.74. The van der Waals surface area contributed by atoms with Crippen LogP contribution in [0.25, 0.3) is 0 Å². The summed E-state index contributed by atoms with van der Waals surface area (Å²) < 4.78 is 60.9. The molecule has 3 nitrogen and oxygen atoms in total. The molecule has 7 heteroatoms. The monoisotopic (exact) mass is 300 g/mol. The average Bonchev–Trinajstić information content (AvgIpc) is 2.29. The van der Waals surface area contributed by atoms with E-state index in [2.05, 4.69) is 5.73 Å². The van der Waals surface area contributed by atoms with Crippen LogP contribution in [0.15, 0.2) is 16.6 Å². The topological polar surface area (TPSA) is 35.5 Å². The highest BCUT2D eigenvalue weighted by atomic mass is 31.2. The Labute approximate surface area is 112 Å². The largest absolute Gasteiger partial charge is 0.431 e. The third kappa shape index (κ3) is 5.53. The van der Waals surface area contributed by atoms with E-state index >= 15 is 0 Å². The lowest BCUT2D eigenvalue weighted by Crippen LogP contribution is -2.14. The van der Waals surface area contributed by atoms with Crippen molar-refractivity contribution in [3.8, 4) is 0 Å². The van der Waals surface area contributed by atoms with Gasteiger partial charge in [0.1, 0.15) is 0 Å². The Balaban J connectivity index is 5.99. The molecule has 0 fully saturated rings. The maximum absolute atomic E-state index is 13.0. The smallest absolute Gasteiger partial charge is 0.305 e. The van der Waals surface area contributed by atoms with Gasteiger partial charge in [-0.25, -0.2) is 0 Å². The standard InChI is InChI=1S/C12H20F3O3P/c1-5-10(6-2)9-11(12(13,14)15)19(16,17-7-3)18-8-4/h5-8H2,1-4H3. The summed E-state index contributed by atoms with van der Waals surface area (Å²) in [4.78, 5) is 0. The number of hydrogen-bond acceptors (Lipinski definition) is 3. The Kier molecular flexibility index (Phi) is 7.68. The Hall–Kier alpha value is -0.540. The summed E-state index contributed by atoms with van der Waals surface area (Å²) >= 11 is 0. The summed E-state index contributed by atoms with van der Waals surface area (Å²) in [6, 6.07) is 0. The molecule has 0 aliphatic heterocycles. The van der Waals surface area contributed by atoms with Crippen molar-refractivity contribution in [3.05, 3.63) is 16.6 Å². The van der Waals surface area contributed by atoms with Crippen molar-refractivity contribution in [1.29, 1.82) is 0 Å². The fourth-order valence-electron chi connectivity index (χ4n) is 1.40. The number of rotatable bonds is 7. The predicted molar refractivity (Wildman–Crippen MR) is 68.0 cm³/mol. The molecule has 0 saturated carbocycles. The quantitative estimate of drug-likeness (QED) is 0.488. The van der Waals surface area contributed by atoms with Crippen molar-refractivity contribution in [2.75, 3.05) is 13.2 Å². The fraction of sp³-hybridized carbons (Fsp3) is 0.750. The molecule has 0 atom stereocenters. The number of halogens is 3. The molecule has 0 N–H and O–H groups in total. The maximum atomic E-state index is 13.0. The molecule has 0 aliphatic carbocycles. The lowest BCUT2D eigenvalue weighted by molar-refractivity contribution is -0.0870. The fourth-order valence-corrected chi connectivity index (χ4v) is 3.01. The van der Waals surface area contributed by atoms with Crippen LogP contribution in [-0.4, -0.2) is 19.4 Å². The molecule has 112 valence electrons. The number of alkyl halides is 3. The second kappa shape index (κ2) is 7.91. The average molecular weight is 300 g/mol. The minimum atomic E-state index is -4.80. The van der Waals surface area contributed by atoms with Crippen LogP contribution in [-0.2, 0) is 13.6 Å². The molecular weight excluding hydrogens is 280 g/mol. The highest BCUT2D eigenvalue weighted by Gasteiger charge is 2.48. The molecule has 0 amide bonds. The molecule has 0 aromatic carbocycles. The molecule has 0 bridgehead atoms. The Morgan fingerprint density at radius 3 is 1.74 bits per heavy atom. The molecule has 0 heterocycles. The first-order chi connectivity index (χ1) is 8.75. The van der Waals surface area contributed by atoms with E-state index in [1.54, 1.807) is 13.8 Å². The second-order valence-corrected chi connectivity index (χ2v) is 5.57. The van der Waals surface area contributed by atoms with Crippen LogP contribution in [0.5, 0.6) is 0 Å². The lowest BCUT2D eigenvalue weighted by Gasteiger charge is -2.20. The van der Waals surface area contributed by atoms with Crippen molar-refractivity contribution in [2.24, 2.45) is 0 Å². The maximum Gasteiger partial charge on any atom is 0.431 e. The molecule has 0 spiro atoms. The summed E-state index contributed by atoms with van der Waals surface area (Å²) in [6.45, 7) is 6.09. The Morgan fingerprint density at radius 1 is 1.05 bits per heavy atom. The zero-order valence-electron chi connectivity index (χ0n) is 11.6. The number of allylic oxidation sites excluding steroid dienone is 1. The van der Waals surface area contributed by atoms with Crippen LogP contribution in [0.4, 0.5) is 13.2 Å². The summed E-state index contributed by atoms with van der Waals surface area (Å²) in [5, 5.41) is -1.34. The van der Waals surface area contributed by atoms with E-state index in [1.807, 2.05) is 0 Å². The minimum Gasteiger partial charge on any atom is -0.305 e. The van der Waals surface area contributed by atoms with Gasteiger partial charge in [0.05, 0.1) is 13.2 Å². The van der Waals surface area contributed by atoms with Gasteiger partial charge in [-0.1, -0.05) is 13.8 Å². The van der Waals surface area contributed by atoms with Crippen LogP contribution in [0.3, 0.4) is 0 Å². The third-order valence-corrected chi connectivity index (χ3v) is 4.40. The molecule has 0 unspecified atom stereocenters. The zero-order valence-corrected chi connectivity index (χ0v) is 12.5. The van der Waals surface area contributed by atoms with E-state index in [0.29, 0.717) is 18.4 Å². The van der Waals surface area contributed by atoms with Crippen molar-refractivity contribution in [2.45, 2.75) is 46.7 Å². The predicted octanol–water partition coefficient (Wildman–Crippen LogP) is 5.04. The van der Waals surface area contributed by atoms with Gasteiger partial charge in [0, 0.05) is 0 Å². The highest BCUT2D eigenvalue weighted by molar-refractivity contribution is 7.58. The van der Waals surface area contributed by atoms with Gasteiger partial charge in [0.15, 0.2) is 5.31 Å². The Bertz CT molecular complexity index is 380. The molecule has 0 saturated heterocycles. The lowest BCUT2D eigenvalue weighted by atomic mass is 10.2. The Morgan fingerprint density at radius 2 is 1.47 bits per heavy atom. The summed E-state index contributed by atoms with van der Waals surface area (Å²) in [5.41, 5.74) is 2.62. The number of hydrogen-bond donors (Lipinski definition) is 0. The van der Waals surface area contributed by atoms with Crippen molar-refractivity contribution in [1.82, 2.24) is 0 Å². The summed E-state index contributed by atoms with van der Waals surface area (Å²) in [7, 11) is -4.37. The van der Waals surface area contributed by atoms with E-state index in [-0.39, 0.29) is 13.2 Å². The van der Waals surface area contributed by atoms with Crippen LogP contribution in [0, 0.1) is 0 Å². The van der Waals surface area contributed by atoms with Gasteiger partial charge in [-0.15, -0.1) is 5.73 Å². The van der Waals surface area contributed by atoms with Crippen LogP contribution >= 0.6 is 7.60 Å². The molecule has 19 heavy (non-hydrogen) atoms. The summed E-state index contributed by atoms with van der Waals surface area (Å²) in [6.07, 6.45) is -4.00. The van der Waals surface area contributed by atoms with E-state index in [4.69, 9.17) is 9.05 Å². The van der Waals surface area contributed by atoms with Crippen molar-refractivity contribution >= 4 is 7.60 Å². The van der Waals surface area contributed by atoms with E-state index < -0.39 is 19.1 Å². The van der Waals surface area contributed by atoms with Crippen molar-refractivity contribution in [3.63, 3.8) is 0 Å². The van der Waals surface area contributed by atoms with E-state index in [9.17, 15) is 17.7 Å². The molecule has 0 aliphatic rings. The summed E-state index contributed by atoms with van der Waals surface area (Å²) in [5.74, 6) is 0. The van der Waals surface area contributed by atoms with Gasteiger partial charge >= 0.3 is 13.8 Å². The molecule has 0 rings (SSSR count). The molecular formula is C12H20F3O3P. The third-order valence-electron chi connectivity index (χ3n) is 2.29. The first kappa shape index (κ1) is 18.5. The van der Waals surface area contributed by atoms with Crippen LogP contribution < -0.4 is 0 Å². The van der Waals surface area contributed by atoms with Gasteiger partial charge in [-0.2, -0.15) is 13.2 Å². The van der Waals surface area contributed by atoms with Gasteiger partial charge in [0.25, 0.3) is 0 Å². The van der Waals surface area contributed by atoms with E-state index in [1.165, 1.54) is 13.8 Å². The van der Waals surface area contributed by atoms with Gasteiger partial charge in [-0.05, 0) is 32.3 Å². The first-order valence-electron chi connectivity index (χ1n) is 6.20. The van der Waals surface area contributed by atoms with Crippen LogP contribution in [0.2, 0.25) is 0 Å². The zero-order chi connectivity index (χ0) is 15.1. The van der Waals surface area contributed by atoms with Gasteiger partial charge in [-0.3, -0.25) is 4.57 Å². The molecule has 0 radical (unpaired) electrons. The van der Waals surface area contributed by atoms with Crippen molar-refractivity contribution < 1.29 is 26.8 Å². The normalized spacial score (nSPS) is 12.2. The SMILES string of the molecule is CCOP(=O)(OCC)C(=C=C(CC)CC)C(F)(F)F.